The van der Waals surface area contributed by atoms with E-state index < -0.39 is 12.0 Å². The summed E-state index contributed by atoms with van der Waals surface area (Å²) in [5.41, 5.74) is 3.43. The number of fused-ring (bicyclic) bond motifs is 1. The molecule has 2 atom stereocenters. The standard InChI is InChI=1S/C18H27NO2/c1-6-7-15(17(20)21)19-16-10-12(2)8-9-14(16)13(3)11-18(19,4)5/h8-10,13,15H,6-7,11H2,1-5H3,(H,20,21)/t13-,15-/m0/s1. The number of benzene rings is 1. The lowest BCUT2D eigenvalue weighted by atomic mass is 9.78. The highest BCUT2D eigenvalue weighted by molar-refractivity contribution is 5.80. The third-order valence-corrected chi connectivity index (χ3v) is 4.59. The van der Waals surface area contributed by atoms with Gasteiger partial charge in [-0.25, -0.2) is 4.79 Å². The average Bonchev–Trinajstić information content (AvgIpc) is 2.36. The van der Waals surface area contributed by atoms with Crippen LogP contribution in [0, 0.1) is 6.92 Å². The number of nitrogens with zero attached hydrogens (tertiary/aromatic N) is 1. The zero-order valence-electron chi connectivity index (χ0n) is 13.8. The maximum absolute atomic E-state index is 11.8. The van der Waals surface area contributed by atoms with Crippen LogP contribution in [-0.4, -0.2) is 22.7 Å². The molecule has 116 valence electrons. The van der Waals surface area contributed by atoms with Gasteiger partial charge in [0.2, 0.25) is 0 Å². The molecule has 1 aromatic rings. The van der Waals surface area contributed by atoms with Crippen LogP contribution >= 0.6 is 0 Å². The quantitative estimate of drug-likeness (QED) is 0.896. The number of rotatable bonds is 4. The molecule has 0 radical (unpaired) electrons. The van der Waals surface area contributed by atoms with Gasteiger partial charge in [0.05, 0.1) is 0 Å². The molecule has 3 nitrogen and oxygen atoms in total. The Balaban J connectivity index is 2.58. The third kappa shape index (κ3) is 2.92. The molecule has 0 fully saturated rings. The highest BCUT2D eigenvalue weighted by Crippen LogP contribution is 2.45. The lowest BCUT2D eigenvalue weighted by molar-refractivity contribution is -0.139. The lowest BCUT2D eigenvalue weighted by Crippen LogP contribution is -2.56. The molecule has 1 heterocycles. The second-order valence-electron chi connectivity index (χ2n) is 6.99. The van der Waals surface area contributed by atoms with Gasteiger partial charge in [0.15, 0.2) is 0 Å². The molecule has 1 N–H and O–H groups in total. The second-order valence-corrected chi connectivity index (χ2v) is 6.99. The molecular weight excluding hydrogens is 262 g/mol. The van der Waals surface area contributed by atoms with Crippen molar-refractivity contribution in [3.63, 3.8) is 0 Å². The summed E-state index contributed by atoms with van der Waals surface area (Å²) < 4.78 is 0. The Labute approximate surface area is 128 Å². The maximum Gasteiger partial charge on any atom is 0.326 e. The Morgan fingerprint density at radius 3 is 2.71 bits per heavy atom. The molecule has 3 heteroatoms. The first-order chi connectivity index (χ1) is 9.77. The molecule has 2 rings (SSSR count). The van der Waals surface area contributed by atoms with Crippen LogP contribution in [0.3, 0.4) is 0 Å². The van der Waals surface area contributed by atoms with Crippen molar-refractivity contribution in [3.8, 4) is 0 Å². The Morgan fingerprint density at radius 2 is 2.14 bits per heavy atom. The van der Waals surface area contributed by atoms with Crippen molar-refractivity contribution >= 4 is 11.7 Å². The van der Waals surface area contributed by atoms with Gasteiger partial charge in [-0.1, -0.05) is 32.4 Å². The van der Waals surface area contributed by atoms with E-state index in [-0.39, 0.29) is 5.54 Å². The number of carbonyl (C=O) groups is 1. The molecule has 0 bridgehead atoms. The van der Waals surface area contributed by atoms with Crippen molar-refractivity contribution in [1.29, 1.82) is 0 Å². The summed E-state index contributed by atoms with van der Waals surface area (Å²) in [6.45, 7) is 10.7. The molecule has 0 aliphatic carbocycles. The fourth-order valence-electron chi connectivity index (χ4n) is 3.79. The van der Waals surface area contributed by atoms with Crippen LogP contribution in [0.4, 0.5) is 5.69 Å². The molecular formula is C18H27NO2. The number of anilines is 1. The van der Waals surface area contributed by atoms with Crippen LogP contribution in [0.2, 0.25) is 0 Å². The number of hydrogen-bond donors (Lipinski definition) is 1. The molecule has 1 aromatic carbocycles. The van der Waals surface area contributed by atoms with Crippen LogP contribution in [0.25, 0.3) is 0 Å². The fraction of sp³-hybridized carbons (Fsp3) is 0.611. The summed E-state index contributed by atoms with van der Waals surface area (Å²) >= 11 is 0. The van der Waals surface area contributed by atoms with Crippen molar-refractivity contribution in [3.05, 3.63) is 29.3 Å². The summed E-state index contributed by atoms with van der Waals surface area (Å²) in [6, 6.07) is 6.00. The van der Waals surface area contributed by atoms with Crippen LogP contribution in [0.15, 0.2) is 18.2 Å². The number of aliphatic carboxylic acids is 1. The predicted molar refractivity (Wildman–Crippen MR) is 87.1 cm³/mol. The highest BCUT2D eigenvalue weighted by atomic mass is 16.4. The summed E-state index contributed by atoms with van der Waals surface area (Å²) in [6.07, 6.45) is 2.54. The van der Waals surface area contributed by atoms with Gasteiger partial charge in [0.25, 0.3) is 0 Å². The van der Waals surface area contributed by atoms with Crippen LogP contribution in [0.1, 0.15) is 64.0 Å². The van der Waals surface area contributed by atoms with E-state index in [9.17, 15) is 9.90 Å². The van der Waals surface area contributed by atoms with E-state index in [1.165, 1.54) is 11.1 Å². The normalized spacial score (nSPS) is 21.8. The number of hydrogen-bond acceptors (Lipinski definition) is 2. The van der Waals surface area contributed by atoms with E-state index in [2.05, 4.69) is 50.8 Å². The Kier molecular flexibility index (Phi) is 4.31. The van der Waals surface area contributed by atoms with Gasteiger partial charge in [0, 0.05) is 11.2 Å². The molecule has 0 amide bonds. The maximum atomic E-state index is 11.8. The molecule has 21 heavy (non-hydrogen) atoms. The van der Waals surface area contributed by atoms with Crippen LogP contribution < -0.4 is 4.90 Å². The van der Waals surface area contributed by atoms with Gasteiger partial charge >= 0.3 is 5.97 Å². The second kappa shape index (κ2) is 5.70. The fourth-order valence-corrected chi connectivity index (χ4v) is 3.79. The van der Waals surface area contributed by atoms with E-state index in [4.69, 9.17) is 0 Å². The average molecular weight is 289 g/mol. The Morgan fingerprint density at radius 1 is 1.48 bits per heavy atom. The van der Waals surface area contributed by atoms with Crippen molar-refractivity contribution in [2.24, 2.45) is 0 Å². The molecule has 0 spiro atoms. The van der Waals surface area contributed by atoms with Crippen molar-refractivity contribution in [2.45, 2.75) is 71.4 Å². The van der Waals surface area contributed by atoms with Crippen LogP contribution in [0.5, 0.6) is 0 Å². The number of carboxylic acid groups (broad SMARTS) is 1. The summed E-state index contributed by atoms with van der Waals surface area (Å²) in [5.74, 6) is -0.255. The SMILES string of the molecule is CCC[C@@H](C(=O)O)N1c2cc(C)ccc2[C@@H](C)CC1(C)C. The first-order valence-corrected chi connectivity index (χ1v) is 7.90. The number of carboxylic acids is 1. The van der Waals surface area contributed by atoms with E-state index >= 15 is 0 Å². The molecule has 0 saturated carbocycles. The van der Waals surface area contributed by atoms with Gasteiger partial charge < -0.3 is 10.0 Å². The summed E-state index contributed by atoms with van der Waals surface area (Å²) in [4.78, 5) is 14.0. The monoisotopic (exact) mass is 289 g/mol. The molecule has 1 aliphatic heterocycles. The highest BCUT2D eigenvalue weighted by Gasteiger charge is 2.42. The minimum absolute atomic E-state index is 0.140. The predicted octanol–water partition coefficient (Wildman–Crippen LogP) is 4.34. The van der Waals surface area contributed by atoms with E-state index in [1.54, 1.807) is 0 Å². The van der Waals surface area contributed by atoms with Gasteiger partial charge in [-0.15, -0.1) is 0 Å². The minimum Gasteiger partial charge on any atom is -0.480 e. The zero-order valence-corrected chi connectivity index (χ0v) is 13.8. The Bertz CT molecular complexity index is 536. The minimum atomic E-state index is -0.716. The van der Waals surface area contributed by atoms with E-state index in [1.807, 2.05) is 6.92 Å². The van der Waals surface area contributed by atoms with Gasteiger partial charge in [0.1, 0.15) is 6.04 Å². The molecule has 0 saturated heterocycles. The van der Waals surface area contributed by atoms with Gasteiger partial charge in [-0.05, 0) is 56.7 Å². The number of aryl methyl sites for hydroxylation is 1. The van der Waals surface area contributed by atoms with E-state index in [0.717, 1.165) is 18.5 Å². The molecule has 0 unspecified atom stereocenters. The summed E-state index contributed by atoms with van der Waals surface area (Å²) in [5, 5.41) is 9.71. The molecule has 0 aromatic heterocycles. The smallest absolute Gasteiger partial charge is 0.326 e. The zero-order chi connectivity index (χ0) is 15.8. The first kappa shape index (κ1) is 15.9. The summed E-state index contributed by atoms with van der Waals surface area (Å²) in [7, 11) is 0. The van der Waals surface area contributed by atoms with Crippen molar-refractivity contribution < 1.29 is 9.90 Å². The topological polar surface area (TPSA) is 40.5 Å². The van der Waals surface area contributed by atoms with E-state index in [0.29, 0.717) is 12.3 Å². The Hall–Kier alpha value is -1.51. The van der Waals surface area contributed by atoms with Crippen LogP contribution in [-0.2, 0) is 4.79 Å². The molecule has 1 aliphatic rings. The lowest BCUT2D eigenvalue weighted by Gasteiger charge is -2.50. The van der Waals surface area contributed by atoms with Gasteiger partial charge in [-0.3, -0.25) is 0 Å². The largest absolute Gasteiger partial charge is 0.480 e. The van der Waals surface area contributed by atoms with Gasteiger partial charge in [-0.2, -0.15) is 0 Å². The third-order valence-electron chi connectivity index (χ3n) is 4.59. The first-order valence-electron chi connectivity index (χ1n) is 7.90. The van der Waals surface area contributed by atoms with Crippen molar-refractivity contribution in [2.75, 3.05) is 4.90 Å². The van der Waals surface area contributed by atoms with Crippen molar-refractivity contribution in [1.82, 2.24) is 0 Å².